The summed E-state index contributed by atoms with van der Waals surface area (Å²) >= 11 is 0. The van der Waals surface area contributed by atoms with E-state index < -0.39 is 0 Å². The molecule has 4 aromatic rings. The van der Waals surface area contributed by atoms with Crippen LogP contribution in [0, 0.1) is 0 Å². The second-order valence-electron chi connectivity index (χ2n) is 7.43. The van der Waals surface area contributed by atoms with Crippen LogP contribution in [0.1, 0.15) is 29.9 Å². The molecular formula is C21H22N6O2. The zero-order valence-electron chi connectivity index (χ0n) is 16.4. The van der Waals surface area contributed by atoms with Gasteiger partial charge in [0.1, 0.15) is 0 Å². The molecule has 8 nitrogen and oxygen atoms in total. The molecule has 1 aliphatic rings. The quantitative estimate of drug-likeness (QED) is 0.537. The fourth-order valence-electron chi connectivity index (χ4n) is 4.40. The molecule has 0 spiro atoms. The van der Waals surface area contributed by atoms with Gasteiger partial charge in [-0.15, -0.1) is 0 Å². The Hall–Kier alpha value is -3.42. The largest absolute Gasteiger partial charge is 0.335 e. The first-order chi connectivity index (χ1) is 14.1. The van der Waals surface area contributed by atoms with Crippen LogP contribution < -0.4 is 5.69 Å². The Balaban J connectivity index is 1.49. The highest BCUT2D eigenvalue weighted by molar-refractivity contribution is 6.04. The number of imidazole rings is 1. The summed E-state index contributed by atoms with van der Waals surface area (Å²) in [5.41, 5.74) is 2.84. The van der Waals surface area contributed by atoms with Gasteiger partial charge in [-0.1, -0.05) is 18.2 Å². The molecule has 1 saturated heterocycles. The second kappa shape index (κ2) is 6.58. The number of amides is 1. The predicted molar refractivity (Wildman–Crippen MR) is 110 cm³/mol. The van der Waals surface area contributed by atoms with Crippen molar-refractivity contribution in [1.82, 2.24) is 28.8 Å². The minimum Gasteiger partial charge on any atom is -0.335 e. The molecule has 8 heteroatoms. The molecule has 1 atom stereocenters. The number of likely N-dealkylation sites (tertiary alicyclic amines) is 1. The topological polar surface area (TPSA) is 78.0 Å². The average molecular weight is 390 g/mol. The third-order valence-corrected chi connectivity index (χ3v) is 5.81. The number of carbonyl (C=O) groups is 1. The fourth-order valence-corrected chi connectivity index (χ4v) is 4.40. The predicted octanol–water partition coefficient (Wildman–Crippen LogP) is 2.19. The smallest absolute Gasteiger partial charge is 0.330 e. The van der Waals surface area contributed by atoms with Crippen molar-refractivity contribution in [2.24, 2.45) is 7.05 Å². The summed E-state index contributed by atoms with van der Waals surface area (Å²) in [6, 6.07) is 11.4. The van der Waals surface area contributed by atoms with Crippen molar-refractivity contribution in [3.63, 3.8) is 0 Å². The standard InChI is InChI=1S/C21H22N6O2/c1-3-26-17-9-6-11-22-19(17)27(21(26)29)14-10-12-25(13-14)20(28)18-15-7-4-5-8-16(15)24(2)23-18/h4-9,11,14H,3,10,12-13H2,1-2H3/t14-/m1/s1. The summed E-state index contributed by atoms with van der Waals surface area (Å²) in [7, 11) is 1.84. The molecule has 0 saturated carbocycles. The van der Waals surface area contributed by atoms with Crippen LogP contribution in [-0.4, -0.2) is 47.8 Å². The molecule has 0 aliphatic carbocycles. The summed E-state index contributed by atoms with van der Waals surface area (Å²) in [6.45, 7) is 3.60. The summed E-state index contributed by atoms with van der Waals surface area (Å²) in [5, 5.41) is 5.31. The zero-order valence-corrected chi connectivity index (χ0v) is 16.4. The Kier molecular flexibility index (Phi) is 4.01. The SMILES string of the molecule is CCn1c(=O)n([C@@H]2CCN(C(=O)c3nn(C)c4ccccc34)C2)c2ncccc21. The van der Waals surface area contributed by atoms with Crippen LogP contribution in [0.3, 0.4) is 0 Å². The highest BCUT2D eigenvalue weighted by Crippen LogP contribution is 2.27. The van der Waals surface area contributed by atoms with E-state index >= 15 is 0 Å². The van der Waals surface area contributed by atoms with Crippen LogP contribution in [-0.2, 0) is 13.6 Å². The number of rotatable bonds is 3. The zero-order chi connectivity index (χ0) is 20.1. The van der Waals surface area contributed by atoms with E-state index in [1.54, 1.807) is 24.9 Å². The van der Waals surface area contributed by atoms with Crippen LogP contribution in [0.2, 0.25) is 0 Å². The molecule has 1 aromatic carbocycles. The van der Waals surface area contributed by atoms with E-state index in [2.05, 4.69) is 10.1 Å². The number of carbonyl (C=O) groups excluding carboxylic acids is 1. The molecule has 0 bridgehead atoms. The maximum absolute atomic E-state index is 13.2. The average Bonchev–Trinajstić information content (AvgIpc) is 3.42. The summed E-state index contributed by atoms with van der Waals surface area (Å²) < 4.78 is 5.22. The lowest BCUT2D eigenvalue weighted by Crippen LogP contribution is -2.32. The number of fused-ring (bicyclic) bond motifs is 2. The third-order valence-electron chi connectivity index (χ3n) is 5.81. The molecule has 0 unspecified atom stereocenters. The van der Waals surface area contributed by atoms with E-state index in [1.807, 2.05) is 50.4 Å². The molecule has 0 N–H and O–H groups in total. The number of hydrogen-bond acceptors (Lipinski definition) is 4. The highest BCUT2D eigenvalue weighted by atomic mass is 16.2. The third kappa shape index (κ3) is 2.59. The lowest BCUT2D eigenvalue weighted by Gasteiger charge is -2.16. The number of nitrogens with zero attached hydrogens (tertiary/aromatic N) is 6. The first-order valence-corrected chi connectivity index (χ1v) is 9.87. The molecule has 148 valence electrons. The molecule has 29 heavy (non-hydrogen) atoms. The van der Waals surface area contributed by atoms with Gasteiger partial charge in [0.15, 0.2) is 11.3 Å². The van der Waals surface area contributed by atoms with Crippen LogP contribution >= 0.6 is 0 Å². The molecule has 1 amide bonds. The molecule has 1 aliphatic heterocycles. The van der Waals surface area contributed by atoms with Gasteiger partial charge in [0.2, 0.25) is 0 Å². The van der Waals surface area contributed by atoms with E-state index in [0.717, 1.165) is 22.8 Å². The normalized spacial score (nSPS) is 16.9. The molecular weight excluding hydrogens is 368 g/mol. The fraction of sp³-hybridized carbons (Fsp3) is 0.333. The maximum atomic E-state index is 13.2. The first-order valence-electron chi connectivity index (χ1n) is 9.87. The lowest BCUT2D eigenvalue weighted by atomic mass is 10.2. The Labute approximate surface area is 167 Å². The Morgan fingerprint density at radius 1 is 1.17 bits per heavy atom. The van der Waals surface area contributed by atoms with Gasteiger partial charge in [-0.25, -0.2) is 9.78 Å². The van der Waals surface area contributed by atoms with Crippen LogP contribution in [0.15, 0.2) is 47.4 Å². The van der Waals surface area contributed by atoms with Crippen molar-refractivity contribution in [2.45, 2.75) is 25.9 Å². The Morgan fingerprint density at radius 2 is 1.97 bits per heavy atom. The van der Waals surface area contributed by atoms with Gasteiger partial charge >= 0.3 is 5.69 Å². The Morgan fingerprint density at radius 3 is 2.79 bits per heavy atom. The number of aryl methyl sites for hydroxylation is 2. The van der Waals surface area contributed by atoms with Crippen LogP contribution in [0.4, 0.5) is 0 Å². The minimum absolute atomic E-state index is 0.0659. The van der Waals surface area contributed by atoms with E-state index in [-0.39, 0.29) is 17.6 Å². The first kappa shape index (κ1) is 17.7. The number of hydrogen-bond donors (Lipinski definition) is 0. The molecule has 5 rings (SSSR count). The van der Waals surface area contributed by atoms with Gasteiger partial charge in [0.25, 0.3) is 5.91 Å². The number of pyridine rings is 1. The van der Waals surface area contributed by atoms with Crippen molar-refractivity contribution in [3.05, 3.63) is 58.8 Å². The molecule has 1 fully saturated rings. The van der Waals surface area contributed by atoms with Crippen molar-refractivity contribution in [3.8, 4) is 0 Å². The van der Waals surface area contributed by atoms with Gasteiger partial charge in [0, 0.05) is 38.3 Å². The molecule has 0 radical (unpaired) electrons. The molecule has 4 heterocycles. The van der Waals surface area contributed by atoms with E-state index in [9.17, 15) is 9.59 Å². The van der Waals surface area contributed by atoms with Crippen LogP contribution in [0.25, 0.3) is 22.1 Å². The number of para-hydroxylation sites is 1. The van der Waals surface area contributed by atoms with E-state index in [1.165, 1.54) is 0 Å². The summed E-state index contributed by atoms with van der Waals surface area (Å²) in [5.74, 6) is -0.0930. The minimum atomic E-state index is -0.0930. The summed E-state index contributed by atoms with van der Waals surface area (Å²) in [4.78, 5) is 32.4. The Bertz CT molecular complexity index is 1300. The van der Waals surface area contributed by atoms with E-state index in [4.69, 9.17) is 0 Å². The van der Waals surface area contributed by atoms with Gasteiger partial charge < -0.3 is 4.90 Å². The number of benzene rings is 1. The van der Waals surface area contributed by atoms with Crippen molar-refractivity contribution < 1.29 is 4.79 Å². The lowest BCUT2D eigenvalue weighted by molar-refractivity contribution is 0.0783. The van der Waals surface area contributed by atoms with Crippen LogP contribution in [0.5, 0.6) is 0 Å². The van der Waals surface area contributed by atoms with Gasteiger partial charge in [-0.3, -0.25) is 18.6 Å². The summed E-state index contributed by atoms with van der Waals surface area (Å²) in [6.07, 6.45) is 2.42. The highest BCUT2D eigenvalue weighted by Gasteiger charge is 2.32. The second-order valence-corrected chi connectivity index (χ2v) is 7.43. The van der Waals surface area contributed by atoms with Crippen molar-refractivity contribution >= 4 is 28.0 Å². The monoisotopic (exact) mass is 390 g/mol. The van der Waals surface area contributed by atoms with Gasteiger partial charge in [0.05, 0.1) is 17.1 Å². The van der Waals surface area contributed by atoms with Crippen molar-refractivity contribution in [1.29, 1.82) is 0 Å². The van der Waals surface area contributed by atoms with Crippen molar-refractivity contribution in [2.75, 3.05) is 13.1 Å². The number of aromatic nitrogens is 5. The van der Waals surface area contributed by atoms with E-state index in [0.29, 0.717) is 31.0 Å². The maximum Gasteiger partial charge on any atom is 0.330 e. The van der Waals surface area contributed by atoms with Gasteiger partial charge in [-0.05, 0) is 31.5 Å². The molecule has 3 aromatic heterocycles. The van der Waals surface area contributed by atoms with Gasteiger partial charge in [-0.2, -0.15) is 5.10 Å².